The van der Waals surface area contributed by atoms with Crippen molar-refractivity contribution in [2.24, 2.45) is 0 Å². The number of ketones is 1. The number of piperidine rings is 1. The number of fused-ring (bicyclic) bond motifs is 1. The van der Waals surface area contributed by atoms with Crippen LogP contribution in [0.2, 0.25) is 5.02 Å². The SMILES string of the molecule is Br.CC(O)C(=O)O.O=C(C[C@@H]1NCCC[C@H]1O)Cn1cnc2cc(Br)c(Cl)cc2c1=O. The lowest BCUT2D eigenvalue weighted by Crippen LogP contribution is -2.46. The summed E-state index contributed by atoms with van der Waals surface area (Å²) in [6.07, 6.45) is 1.39. The Labute approximate surface area is 202 Å². The lowest BCUT2D eigenvalue weighted by Gasteiger charge is -2.28. The van der Waals surface area contributed by atoms with Gasteiger partial charge in [-0.2, -0.15) is 0 Å². The van der Waals surface area contributed by atoms with Gasteiger partial charge >= 0.3 is 5.97 Å². The molecule has 0 radical (unpaired) electrons. The quantitative estimate of drug-likeness (QED) is 0.417. The topological polar surface area (TPSA) is 142 Å². The molecule has 1 aromatic heterocycles. The van der Waals surface area contributed by atoms with Gasteiger partial charge in [0.25, 0.3) is 5.56 Å². The number of rotatable bonds is 5. The summed E-state index contributed by atoms with van der Waals surface area (Å²) in [7, 11) is 0. The normalized spacial score (nSPS) is 19.0. The second-order valence-electron chi connectivity index (χ2n) is 6.99. The van der Waals surface area contributed by atoms with Crippen molar-refractivity contribution in [1.29, 1.82) is 0 Å². The number of carboxylic acids is 1. The molecular formula is C19H24Br2ClN3O6. The zero-order chi connectivity index (χ0) is 22.4. The van der Waals surface area contributed by atoms with Gasteiger partial charge in [0.1, 0.15) is 6.10 Å². The van der Waals surface area contributed by atoms with Gasteiger partial charge in [-0.25, -0.2) is 9.78 Å². The first-order valence-electron chi connectivity index (χ1n) is 9.28. The molecule has 3 rings (SSSR count). The Morgan fingerprint density at radius 3 is 2.65 bits per heavy atom. The average Bonchev–Trinajstić information content (AvgIpc) is 2.68. The number of halogens is 3. The largest absolute Gasteiger partial charge is 0.479 e. The number of aliphatic hydroxyl groups is 2. The van der Waals surface area contributed by atoms with Crippen LogP contribution in [-0.2, 0) is 16.1 Å². The third kappa shape index (κ3) is 7.92. The molecule has 1 unspecified atom stereocenters. The molecule has 0 amide bonds. The van der Waals surface area contributed by atoms with Crippen molar-refractivity contribution < 1.29 is 24.9 Å². The van der Waals surface area contributed by atoms with Gasteiger partial charge in [0.05, 0.1) is 34.9 Å². The Bertz CT molecular complexity index is 985. The fraction of sp³-hybridized carbons (Fsp3) is 0.474. The number of carbonyl (C=O) groups is 2. The van der Waals surface area contributed by atoms with E-state index < -0.39 is 18.2 Å². The molecule has 0 spiro atoms. The van der Waals surface area contributed by atoms with Crippen LogP contribution in [-0.4, -0.2) is 61.4 Å². The van der Waals surface area contributed by atoms with E-state index in [1.54, 1.807) is 12.1 Å². The summed E-state index contributed by atoms with van der Waals surface area (Å²) in [5.41, 5.74) is 0.212. The maximum atomic E-state index is 12.5. The number of nitrogens with one attached hydrogen (secondary N) is 1. The van der Waals surface area contributed by atoms with E-state index in [4.69, 9.17) is 21.8 Å². The number of aliphatic hydroxyl groups excluding tert-OH is 2. The van der Waals surface area contributed by atoms with Crippen molar-refractivity contribution in [3.63, 3.8) is 0 Å². The second kappa shape index (κ2) is 12.6. The predicted molar refractivity (Wildman–Crippen MR) is 125 cm³/mol. The summed E-state index contributed by atoms with van der Waals surface area (Å²) in [5.74, 6) is -1.31. The molecule has 9 nitrogen and oxygen atoms in total. The molecule has 1 aromatic carbocycles. The highest BCUT2D eigenvalue weighted by Gasteiger charge is 2.25. The van der Waals surface area contributed by atoms with Crippen LogP contribution in [0.15, 0.2) is 27.7 Å². The highest BCUT2D eigenvalue weighted by molar-refractivity contribution is 9.10. The van der Waals surface area contributed by atoms with Crippen molar-refractivity contribution in [1.82, 2.24) is 14.9 Å². The van der Waals surface area contributed by atoms with Gasteiger partial charge in [-0.15, -0.1) is 17.0 Å². The van der Waals surface area contributed by atoms with Crippen LogP contribution in [0.1, 0.15) is 26.2 Å². The summed E-state index contributed by atoms with van der Waals surface area (Å²) in [4.78, 5) is 38.4. The van der Waals surface area contributed by atoms with Crippen molar-refractivity contribution in [2.45, 2.75) is 51.0 Å². The van der Waals surface area contributed by atoms with E-state index in [2.05, 4.69) is 26.2 Å². The number of hydrogen-bond acceptors (Lipinski definition) is 7. The number of Topliss-reactive ketones (excluding diaryl/α,β-unsaturated/α-hetero) is 1. The number of hydrogen-bond donors (Lipinski definition) is 4. The minimum Gasteiger partial charge on any atom is -0.479 e. The van der Waals surface area contributed by atoms with Crippen LogP contribution < -0.4 is 10.9 Å². The number of aliphatic carboxylic acids is 1. The van der Waals surface area contributed by atoms with Gasteiger partial charge in [0.2, 0.25) is 0 Å². The van der Waals surface area contributed by atoms with Gasteiger partial charge in [-0.3, -0.25) is 14.2 Å². The smallest absolute Gasteiger partial charge is 0.332 e. The van der Waals surface area contributed by atoms with Crippen molar-refractivity contribution in [3.8, 4) is 0 Å². The molecule has 0 saturated carbocycles. The third-order valence-corrected chi connectivity index (χ3v) is 5.76. The minimum atomic E-state index is -1.23. The molecular weight excluding hydrogens is 561 g/mol. The van der Waals surface area contributed by atoms with Crippen LogP contribution in [0.25, 0.3) is 10.9 Å². The molecule has 1 aliphatic rings. The maximum Gasteiger partial charge on any atom is 0.332 e. The van der Waals surface area contributed by atoms with Gasteiger partial charge < -0.3 is 20.6 Å². The fourth-order valence-electron chi connectivity index (χ4n) is 2.91. The Kier molecular flexibility index (Phi) is 11.3. The standard InChI is InChI=1S/C16H17BrClN3O3.C3H6O3.BrH/c17-11-6-13-10(5-12(11)18)16(24)21(8-20-13)7-9(22)4-14-15(23)2-1-3-19-14;1-2(4)3(5)6;/h5-6,8,14-15,19,23H,1-4,7H2;2,4H,1H3,(H,5,6);1H/t14-,15+;;/m0../s1. The molecule has 1 aliphatic heterocycles. The Morgan fingerprint density at radius 1 is 1.42 bits per heavy atom. The van der Waals surface area contributed by atoms with Crippen LogP contribution in [0.4, 0.5) is 0 Å². The van der Waals surface area contributed by atoms with E-state index in [9.17, 15) is 19.5 Å². The number of carboxylic acid groups (broad SMARTS) is 1. The zero-order valence-electron chi connectivity index (χ0n) is 16.6. The predicted octanol–water partition coefficient (Wildman–Crippen LogP) is 1.91. The first-order valence-corrected chi connectivity index (χ1v) is 10.5. The summed E-state index contributed by atoms with van der Waals surface area (Å²) < 4.78 is 1.94. The molecule has 2 heterocycles. The average molecular weight is 586 g/mol. The number of carbonyl (C=O) groups excluding carboxylic acids is 1. The van der Waals surface area contributed by atoms with Gasteiger partial charge in [-0.1, -0.05) is 11.6 Å². The lowest BCUT2D eigenvalue weighted by atomic mass is 9.97. The summed E-state index contributed by atoms with van der Waals surface area (Å²) in [5, 5.41) is 29.6. The first kappa shape index (κ1) is 27.7. The summed E-state index contributed by atoms with van der Waals surface area (Å²) >= 11 is 9.33. The highest BCUT2D eigenvalue weighted by atomic mass is 79.9. The monoisotopic (exact) mass is 583 g/mol. The Balaban J connectivity index is 0.000000607. The fourth-order valence-corrected chi connectivity index (χ4v) is 3.40. The molecule has 2 aromatic rings. The highest BCUT2D eigenvalue weighted by Crippen LogP contribution is 2.25. The second-order valence-corrected chi connectivity index (χ2v) is 8.25. The van der Waals surface area contributed by atoms with Gasteiger partial charge in [-0.05, 0) is 54.4 Å². The van der Waals surface area contributed by atoms with E-state index >= 15 is 0 Å². The first-order chi connectivity index (χ1) is 14.1. The molecule has 0 aliphatic carbocycles. The molecule has 12 heteroatoms. The van der Waals surface area contributed by atoms with Gasteiger partial charge in [0.15, 0.2) is 5.78 Å². The summed E-state index contributed by atoms with van der Waals surface area (Å²) in [6, 6.07) is 2.97. The lowest BCUT2D eigenvalue weighted by molar-refractivity contribution is -0.145. The van der Waals surface area contributed by atoms with Gasteiger partial charge in [0, 0.05) is 16.9 Å². The molecule has 172 valence electrons. The van der Waals surface area contributed by atoms with Crippen molar-refractivity contribution >= 4 is 67.2 Å². The van der Waals surface area contributed by atoms with E-state index in [1.165, 1.54) is 17.8 Å². The number of aromatic nitrogens is 2. The number of benzene rings is 1. The Hall–Kier alpha value is -1.37. The molecule has 4 N–H and O–H groups in total. The van der Waals surface area contributed by atoms with E-state index in [-0.39, 0.29) is 47.3 Å². The number of nitrogens with zero attached hydrogens (tertiary/aromatic N) is 2. The van der Waals surface area contributed by atoms with E-state index in [0.717, 1.165) is 13.0 Å². The minimum absolute atomic E-state index is 0. The molecule has 3 atom stereocenters. The molecule has 1 fully saturated rings. The maximum absolute atomic E-state index is 12.5. The van der Waals surface area contributed by atoms with Crippen molar-refractivity contribution in [2.75, 3.05) is 6.54 Å². The van der Waals surface area contributed by atoms with Crippen LogP contribution in [0, 0.1) is 0 Å². The van der Waals surface area contributed by atoms with E-state index in [0.29, 0.717) is 26.8 Å². The van der Waals surface area contributed by atoms with Crippen molar-refractivity contribution in [3.05, 3.63) is 38.3 Å². The Morgan fingerprint density at radius 2 is 2.06 bits per heavy atom. The zero-order valence-corrected chi connectivity index (χ0v) is 20.7. The van der Waals surface area contributed by atoms with Crippen LogP contribution in [0.5, 0.6) is 0 Å². The molecule has 1 saturated heterocycles. The van der Waals surface area contributed by atoms with Crippen LogP contribution in [0.3, 0.4) is 0 Å². The summed E-state index contributed by atoms with van der Waals surface area (Å²) in [6.45, 7) is 1.92. The molecule has 31 heavy (non-hydrogen) atoms. The van der Waals surface area contributed by atoms with E-state index in [1.807, 2.05) is 0 Å². The molecule has 0 bridgehead atoms. The third-order valence-electron chi connectivity index (χ3n) is 4.57. The van der Waals surface area contributed by atoms with Crippen LogP contribution >= 0.6 is 44.5 Å².